The maximum absolute atomic E-state index is 11.5. The minimum absolute atomic E-state index is 0.0364. The molecule has 0 aliphatic rings. The molecule has 1 amide bonds. The molecular weight excluding hydrogens is 424 g/mol. The fourth-order valence-corrected chi connectivity index (χ4v) is 3.55. The van der Waals surface area contributed by atoms with Gasteiger partial charge in [-0.3, -0.25) is 14.9 Å². The van der Waals surface area contributed by atoms with Gasteiger partial charge >= 0.3 is 5.69 Å². The fraction of sp³-hybridized carbons (Fsp3) is 0.174. The number of nitrogens with one attached hydrogen (secondary N) is 1. The van der Waals surface area contributed by atoms with Gasteiger partial charge in [-0.2, -0.15) is 4.98 Å². The first-order valence-corrected chi connectivity index (χ1v) is 10.2. The van der Waals surface area contributed by atoms with E-state index in [0.29, 0.717) is 5.75 Å². The Hall–Kier alpha value is -4.47. The molecule has 0 saturated heterocycles. The largest absolute Gasteiger partial charge is 0.448 e. The van der Waals surface area contributed by atoms with Crippen LogP contribution in [0, 0.1) is 10.1 Å². The minimum atomic E-state index is -0.554. The first kappa shape index (κ1) is 21.8. The third kappa shape index (κ3) is 4.31. The Kier molecular flexibility index (Phi) is 5.65. The van der Waals surface area contributed by atoms with E-state index in [-0.39, 0.29) is 35.0 Å². The van der Waals surface area contributed by atoms with Gasteiger partial charge in [0.15, 0.2) is 0 Å². The molecule has 4 rings (SSSR count). The van der Waals surface area contributed by atoms with E-state index < -0.39 is 4.92 Å². The molecule has 10 nitrogen and oxygen atoms in total. The molecule has 0 aliphatic heterocycles. The Balaban J connectivity index is 1.72. The van der Waals surface area contributed by atoms with Crippen LogP contribution in [0.3, 0.4) is 0 Å². The van der Waals surface area contributed by atoms with Crippen LogP contribution in [0.25, 0.3) is 22.2 Å². The summed E-state index contributed by atoms with van der Waals surface area (Å²) in [5.41, 5.74) is 8.31. The van der Waals surface area contributed by atoms with Crippen LogP contribution in [0.5, 0.6) is 11.5 Å². The van der Waals surface area contributed by atoms with Crippen LogP contribution >= 0.6 is 0 Å². The number of nitro benzene ring substituents is 1. The number of ether oxygens (including phenoxy) is 1. The first-order chi connectivity index (χ1) is 15.7. The number of benzene rings is 2. The number of carbonyl (C=O) groups is 1. The number of rotatable bonds is 6. The molecule has 0 bridgehead atoms. The fourth-order valence-electron chi connectivity index (χ4n) is 3.55. The van der Waals surface area contributed by atoms with Gasteiger partial charge in [0, 0.05) is 42.4 Å². The summed E-state index contributed by atoms with van der Waals surface area (Å²) in [5.74, 6) is 0.191. The van der Waals surface area contributed by atoms with Gasteiger partial charge in [-0.15, -0.1) is 0 Å². The maximum Gasteiger partial charge on any atom is 0.313 e. The second-order valence-electron chi connectivity index (χ2n) is 7.73. The van der Waals surface area contributed by atoms with Crippen LogP contribution < -0.4 is 15.8 Å². The van der Waals surface area contributed by atoms with Gasteiger partial charge in [-0.25, -0.2) is 4.98 Å². The van der Waals surface area contributed by atoms with Gasteiger partial charge in [0.25, 0.3) is 0 Å². The van der Waals surface area contributed by atoms with Crippen molar-refractivity contribution < 1.29 is 14.5 Å². The van der Waals surface area contributed by atoms with E-state index in [2.05, 4.69) is 29.1 Å². The summed E-state index contributed by atoms with van der Waals surface area (Å²) < 4.78 is 7.87. The smallest absolute Gasteiger partial charge is 0.313 e. The number of fused-ring (bicyclic) bond motifs is 1. The Labute approximate surface area is 189 Å². The molecular formula is C23H22N6O4. The van der Waals surface area contributed by atoms with Crippen LogP contribution in [-0.2, 0) is 4.79 Å². The molecule has 168 valence electrons. The van der Waals surface area contributed by atoms with Crippen molar-refractivity contribution in [1.29, 1.82) is 0 Å². The molecule has 33 heavy (non-hydrogen) atoms. The number of nitrogens with two attached hydrogens (primary N) is 1. The van der Waals surface area contributed by atoms with E-state index in [1.54, 1.807) is 24.4 Å². The van der Waals surface area contributed by atoms with E-state index in [1.165, 1.54) is 19.1 Å². The summed E-state index contributed by atoms with van der Waals surface area (Å²) in [6.45, 7) is 5.43. The normalized spacial score (nSPS) is 11.0. The van der Waals surface area contributed by atoms with Crippen LogP contribution in [-0.4, -0.2) is 25.4 Å². The molecule has 0 atom stereocenters. The third-order valence-corrected chi connectivity index (χ3v) is 5.03. The van der Waals surface area contributed by atoms with Gasteiger partial charge < -0.3 is 20.4 Å². The van der Waals surface area contributed by atoms with Crippen LogP contribution in [0.1, 0.15) is 26.8 Å². The number of amides is 1. The lowest BCUT2D eigenvalue weighted by molar-refractivity contribution is -0.385. The van der Waals surface area contributed by atoms with Crippen molar-refractivity contribution in [3.05, 3.63) is 65.0 Å². The first-order valence-electron chi connectivity index (χ1n) is 10.2. The van der Waals surface area contributed by atoms with Gasteiger partial charge in [-0.05, 0) is 37.6 Å². The monoisotopic (exact) mass is 446 g/mol. The molecule has 0 fully saturated rings. The highest BCUT2D eigenvalue weighted by Crippen LogP contribution is 2.39. The number of aromatic nitrogens is 3. The standard InChI is InChI=1S/C23H22N6O4/c1-13(2)28-12-18(17-11-25-23(24)27-22(17)28)15-7-9-16(10-8-15)33-21-19(26-14(3)30)5-4-6-20(21)29(31)32/h4-13H,1-3H3,(H,26,30)(H2,24,25,27). The lowest BCUT2D eigenvalue weighted by Crippen LogP contribution is -2.08. The molecule has 2 aromatic heterocycles. The van der Waals surface area contributed by atoms with E-state index in [0.717, 1.165) is 22.2 Å². The Bertz CT molecular complexity index is 1360. The van der Waals surface area contributed by atoms with Crippen molar-refractivity contribution in [2.24, 2.45) is 0 Å². The molecule has 3 N–H and O–H groups in total. The van der Waals surface area contributed by atoms with Crippen molar-refractivity contribution >= 4 is 34.3 Å². The SMILES string of the molecule is CC(=O)Nc1cccc([N+](=O)[O-])c1Oc1ccc(-c2cn(C(C)C)c3nc(N)ncc23)cc1. The zero-order valence-electron chi connectivity index (χ0n) is 18.3. The number of anilines is 2. The highest BCUT2D eigenvalue weighted by Gasteiger charge is 2.21. The zero-order chi connectivity index (χ0) is 23.7. The lowest BCUT2D eigenvalue weighted by atomic mass is 10.1. The number of nitrogen functional groups attached to an aromatic ring is 1. The number of para-hydroxylation sites is 1. The van der Waals surface area contributed by atoms with Gasteiger partial charge in [0.2, 0.25) is 17.6 Å². The molecule has 0 saturated carbocycles. The van der Waals surface area contributed by atoms with Gasteiger partial charge in [0.05, 0.1) is 10.6 Å². The molecule has 0 spiro atoms. The lowest BCUT2D eigenvalue weighted by Gasteiger charge is -2.12. The number of carbonyl (C=O) groups excluding carboxylic acids is 1. The average Bonchev–Trinajstić information content (AvgIpc) is 3.14. The zero-order valence-corrected chi connectivity index (χ0v) is 18.3. The second-order valence-corrected chi connectivity index (χ2v) is 7.73. The number of nitrogens with zero attached hydrogens (tertiary/aromatic N) is 4. The predicted molar refractivity (Wildman–Crippen MR) is 125 cm³/mol. The molecule has 2 heterocycles. The molecule has 4 aromatic rings. The van der Waals surface area contributed by atoms with Gasteiger partial charge in [-0.1, -0.05) is 18.2 Å². The Morgan fingerprint density at radius 3 is 2.58 bits per heavy atom. The molecule has 2 aromatic carbocycles. The van der Waals surface area contributed by atoms with Crippen LogP contribution in [0.15, 0.2) is 54.9 Å². The van der Waals surface area contributed by atoms with E-state index in [9.17, 15) is 14.9 Å². The highest BCUT2D eigenvalue weighted by atomic mass is 16.6. The molecule has 10 heteroatoms. The maximum atomic E-state index is 11.5. The van der Waals surface area contributed by atoms with Gasteiger partial charge in [0.1, 0.15) is 11.4 Å². The minimum Gasteiger partial charge on any atom is -0.448 e. The summed E-state index contributed by atoms with van der Waals surface area (Å²) in [4.78, 5) is 31.0. The Morgan fingerprint density at radius 1 is 1.21 bits per heavy atom. The number of hydrogen-bond donors (Lipinski definition) is 2. The summed E-state index contributed by atoms with van der Waals surface area (Å²) in [5, 5.41) is 14.9. The van der Waals surface area contributed by atoms with Crippen molar-refractivity contribution in [1.82, 2.24) is 14.5 Å². The quantitative estimate of drug-likeness (QED) is 0.316. The molecule has 0 radical (unpaired) electrons. The van der Waals surface area contributed by atoms with Crippen molar-refractivity contribution in [3.63, 3.8) is 0 Å². The molecule has 0 unspecified atom stereocenters. The number of hydrogen-bond acceptors (Lipinski definition) is 7. The Morgan fingerprint density at radius 2 is 1.94 bits per heavy atom. The second kappa shape index (κ2) is 8.58. The van der Waals surface area contributed by atoms with Crippen LogP contribution in [0.2, 0.25) is 0 Å². The number of nitro groups is 1. The van der Waals surface area contributed by atoms with E-state index >= 15 is 0 Å². The topological polar surface area (TPSA) is 138 Å². The summed E-state index contributed by atoms with van der Waals surface area (Å²) in [6.07, 6.45) is 3.69. The molecule has 0 aliphatic carbocycles. The summed E-state index contributed by atoms with van der Waals surface area (Å²) in [6, 6.07) is 11.6. The predicted octanol–water partition coefficient (Wildman–Crippen LogP) is 4.92. The highest BCUT2D eigenvalue weighted by molar-refractivity contribution is 5.94. The van der Waals surface area contributed by atoms with E-state index in [4.69, 9.17) is 10.5 Å². The van der Waals surface area contributed by atoms with Crippen molar-refractivity contribution in [2.45, 2.75) is 26.8 Å². The third-order valence-electron chi connectivity index (χ3n) is 5.03. The summed E-state index contributed by atoms with van der Waals surface area (Å²) >= 11 is 0. The average molecular weight is 446 g/mol. The van der Waals surface area contributed by atoms with Crippen LogP contribution in [0.4, 0.5) is 17.3 Å². The summed E-state index contributed by atoms with van der Waals surface area (Å²) in [7, 11) is 0. The van der Waals surface area contributed by atoms with Crippen molar-refractivity contribution in [2.75, 3.05) is 11.1 Å². The van der Waals surface area contributed by atoms with Crippen molar-refractivity contribution in [3.8, 4) is 22.6 Å². The van der Waals surface area contributed by atoms with E-state index in [1.807, 2.05) is 22.9 Å².